The van der Waals surface area contributed by atoms with Crippen molar-refractivity contribution in [2.24, 2.45) is 0 Å². The molecule has 28 heavy (non-hydrogen) atoms. The summed E-state index contributed by atoms with van der Waals surface area (Å²) in [4.78, 5) is 33.1. The standard InChI is InChI=1S/C20H13N3O5/c24-20(18-8-6-15(22(25)26)11-19(18)23(27)28)21-14-5-7-17-13(10-14)9-12-3-1-2-4-16(12)17/h1-8,10-11H,9H2,(H,21,24). The molecule has 1 amide bonds. The summed E-state index contributed by atoms with van der Waals surface area (Å²) >= 11 is 0. The molecule has 0 aromatic heterocycles. The Morgan fingerprint density at radius 1 is 0.857 bits per heavy atom. The predicted molar refractivity (Wildman–Crippen MR) is 102 cm³/mol. The summed E-state index contributed by atoms with van der Waals surface area (Å²) in [5.74, 6) is -0.697. The van der Waals surface area contributed by atoms with Gasteiger partial charge in [-0.1, -0.05) is 30.3 Å². The van der Waals surface area contributed by atoms with Crippen LogP contribution in [0.15, 0.2) is 60.7 Å². The van der Waals surface area contributed by atoms with E-state index in [-0.39, 0.29) is 5.56 Å². The number of nitrogens with zero attached hydrogens (tertiary/aromatic N) is 2. The number of carbonyl (C=O) groups is 1. The summed E-state index contributed by atoms with van der Waals surface area (Å²) in [6, 6.07) is 16.5. The Hall–Kier alpha value is -4.07. The lowest BCUT2D eigenvalue weighted by Crippen LogP contribution is -2.14. The van der Waals surface area contributed by atoms with Crippen molar-refractivity contribution in [3.8, 4) is 11.1 Å². The van der Waals surface area contributed by atoms with E-state index in [2.05, 4.69) is 5.32 Å². The first kappa shape index (κ1) is 17.3. The number of benzene rings is 3. The van der Waals surface area contributed by atoms with E-state index in [1.54, 1.807) is 6.07 Å². The van der Waals surface area contributed by atoms with E-state index in [9.17, 15) is 25.0 Å². The Labute approximate surface area is 158 Å². The minimum atomic E-state index is -0.804. The molecule has 8 heteroatoms. The zero-order chi connectivity index (χ0) is 19.8. The van der Waals surface area contributed by atoms with Gasteiger partial charge >= 0.3 is 0 Å². The smallest absolute Gasteiger partial charge is 0.289 e. The fraction of sp³-hybridized carbons (Fsp3) is 0.0500. The highest BCUT2D eigenvalue weighted by Gasteiger charge is 2.25. The summed E-state index contributed by atoms with van der Waals surface area (Å²) in [5.41, 5.74) is 3.71. The second-order valence-corrected chi connectivity index (χ2v) is 6.38. The number of rotatable bonds is 4. The van der Waals surface area contributed by atoms with Crippen molar-refractivity contribution in [2.75, 3.05) is 5.32 Å². The van der Waals surface area contributed by atoms with Gasteiger partial charge in [-0.25, -0.2) is 0 Å². The van der Waals surface area contributed by atoms with Crippen LogP contribution in [0.5, 0.6) is 0 Å². The number of non-ortho nitro benzene ring substituents is 1. The largest absolute Gasteiger partial charge is 0.322 e. The maximum absolute atomic E-state index is 12.6. The molecule has 3 aromatic carbocycles. The number of nitro groups is 2. The third-order valence-electron chi connectivity index (χ3n) is 4.69. The minimum Gasteiger partial charge on any atom is -0.322 e. The van der Waals surface area contributed by atoms with Gasteiger partial charge in [0.25, 0.3) is 17.3 Å². The molecule has 0 radical (unpaired) electrons. The first-order valence-corrected chi connectivity index (χ1v) is 8.39. The van der Waals surface area contributed by atoms with Crippen molar-refractivity contribution >= 4 is 23.0 Å². The maximum Gasteiger partial charge on any atom is 0.289 e. The van der Waals surface area contributed by atoms with Gasteiger partial charge < -0.3 is 5.32 Å². The van der Waals surface area contributed by atoms with E-state index in [1.807, 2.05) is 36.4 Å². The zero-order valence-electron chi connectivity index (χ0n) is 14.4. The highest BCUT2D eigenvalue weighted by Crippen LogP contribution is 2.37. The summed E-state index contributed by atoms with van der Waals surface area (Å²) in [5, 5.41) is 24.7. The molecular formula is C20H13N3O5. The lowest BCUT2D eigenvalue weighted by atomic mass is 10.1. The third kappa shape index (κ3) is 2.96. The van der Waals surface area contributed by atoms with Gasteiger partial charge in [-0.05, 0) is 46.9 Å². The van der Waals surface area contributed by atoms with Crippen LogP contribution in [0.3, 0.4) is 0 Å². The summed E-state index contributed by atoms with van der Waals surface area (Å²) < 4.78 is 0. The summed E-state index contributed by atoms with van der Waals surface area (Å²) in [6.07, 6.45) is 0.743. The highest BCUT2D eigenvalue weighted by molar-refractivity contribution is 6.07. The molecule has 138 valence electrons. The molecule has 8 nitrogen and oxygen atoms in total. The van der Waals surface area contributed by atoms with Gasteiger partial charge in [0.1, 0.15) is 5.56 Å². The third-order valence-corrected chi connectivity index (χ3v) is 4.69. The monoisotopic (exact) mass is 375 g/mol. The van der Waals surface area contributed by atoms with Gasteiger partial charge in [0.2, 0.25) is 0 Å². The molecule has 0 fully saturated rings. The number of amides is 1. The molecule has 1 N–H and O–H groups in total. The predicted octanol–water partition coefficient (Wildman–Crippen LogP) is 4.33. The van der Waals surface area contributed by atoms with Crippen molar-refractivity contribution in [3.63, 3.8) is 0 Å². The van der Waals surface area contributed by atoms with Crippen LogP contribution >= 0.6 is 0 Å². The van der Waals surface area contributed by atoms with Gasteiger partial charge in [0.15, 0.2) is 0 Å². The van der Waals surface area contributed by atoms with Gasteiger partial charge in [0.05, 0.1) is 15.9 Å². The topological polar surface area (TPSA) is 115 Å². The van der Waals surface area contributed by atoms with Crippen LogP contribution in [0.4, 0.5) is 17.1 Å². The van der Waals surface area contributed by atoms with Crippen molar-refractivity contribution in [3.05, 3.63) is 97.6 Å². The van der Waals surface area contributed by atoms with Gasteiger partial charge in [-0.15, -0.1) is 0 Å². The second-order valence-electron chi connectivity index (χ2n) is 6.38. The van der Waals surface area contributed by atoms with Crippen LogP contribution in [0.2, 0.25) is 0 Å². The van der Waals surface area contributed by atoms with Gasteiger partial charge in [-0.2, -0.15) is 0 Å². The van der Waals surface area contributed by atoms with Gasteiger partial charge in [0, 0.05) is 11.8 Å². The van der Waals surface area contributed by atoms with E-state index in [4.69, 9.17) is 0 Å². The van der Waals surface area contributed by atoms with Crippen LogP contribution < -0.4 is 5.32 Å². The van der Waals surface area contributed by atoms with E-state index in [1.165, 1.54) is 5.56 Å². The molecule has 0 heterocycles. The van der Waals surface area contributed by atoms with Crippen LogP contribution in [-0.2, 0) is 6.42 Å². The molecule has 0 bridgehead atoms. The zero-order valence-corrected chi connectivity index (χ0v) is 14.4. The van der Waals surface area contributed by atoms with Crippen LogP contribution in [0, 0.1) is 20.2 Å². The van der Waals surface area contributed by atoms with E-state index < -0.39 is 27.1 Å². The van der Waals surface area contributed by atoms with Crippen molar-refractivity contribution < 1.29 is 14.6 Å². The highest BCUT2D eigenvalue weighted by atomic mass is 16.6. The molecule has 0 aliphatic heterocycles. The quantitative estimate of drug-likeness (QED) is 0.421. The molecule has 4 rings (SSSR count). The molecule has 0 saturated heterocycles. The lowest BCUT2D eigenvalue weighted by molar-refractivity contribution is -0.394. The number of carbonyl (C=O) groups excluding carboxylic acids is 1. The fourth-order valence-corrected chi connectivity index (χ4v) is 3.40. The van der Waals surface area contributed by atoms with E-state index >= 15 is 0 Å². The average molecular weight is 375 g/mol. The molecule has 3 aromatic rings. The SMILES string of the molecule is O=C(Nc1ccc2c(c1)Cc1ccccc1-2)c1ccc([N+](=O)[O-])cc1[N+](=O)[O-]. The number of nitro benzene ring substituents is 2. The van der Waals surface area contributed by atoms with E-state index in [0.29, 0.717) is 5.69 Å². The number of hydrogen-bond donors (Lipinski definition) is 1. The maximum atomic E-state index is 12.6. The molecular weight excluding hydrogens is 362 g/mol. The Morgan fingerprint density at radius 2 is 1.61 bits per heavy atom. The Bertz CT molecular complexity index is 1160. The normalized spacial score (nSPS) is 11.4. The molecule has 0 unspecified atom stereocenters. The molecule has 1 aliphatic carbocycles. The molecule has 0 atom stereocenters. The minimum absolute atomic E-state index is 0.237. The average Bonchev–Trinajstić information content (AvgIpc) is 3.05. The lowest BCUT2D eigenvalue weighted by Gasteiger charge is -2.08. The first-order chi connectivity index (χ1) is 13.4. The Morgan fingerprint density at radius 3 is 2.36 bits per heavy atom. The summed E-state index contributed by atoms with van der Waals surface area (Å²) in [7, 11) is 0. The fourth-order valence-electron chi connectivity index (χ4n) is 3.40. The van der Waals surface area contributed by atoms with Crippen molar-refractivity contribution in [1.82, 2.24) is 0 Å². The number of hydrogen-bond acceptors (Lipinski definition) is 5. The van der Waals surface area contributed by atoms with E-state index in [0.717, 1.165) is 41.3 Å². The van der Waals surface area contributed by atoms with Gasteiger partial charge in [-0.3, -0.25) is 25.0 Å². The van der Waals surface area contributed by atoms with Crippen molar-refractivity contribution in [2.45, 2.75) is 6.42 Å². The van der Waals surface area contributed by atoms with Crippen LogP contribution in [0.25, 0.3) is 11.1 Å². The number of nitrogens with one attached hydrogen (secondary N) is 1. The van der Waals surface area contributed by atoms with Crippen molar-refractivity contribution in [1.29, 1.82) is 0 Å². The number of fused-ring (bicyclic) bond motifs is 3. The molecule has 1 aliphatic rings. The Kier molecular flexibility index (Phi) is 4.08. The first-order valence-electron chi connectivity index (χ1n) is 8.39. The molecule has 0 spiro atoms. The second kappa shape index (κ2) is 6.58. The van der Waals surface area contributed by atoms with Crippen LogP contribution in [0.1, 0.15) is 21.5 Å². The van der Waals surface area contributed by atoms with Crippen LogP contribution in [-0.4, -0.2) is 15.8 Å². The molecule has 0 saturated carbocycles. The number of anilines is 1. The Balaban J connectivity index is 1.62. The summed E-state index contributed by atoms with van der Waals surface area (Å²) in [6.45, 7) is 0.